The number of hydrogen-bond donors (Lipinski definition) is 1. The molecule has 1 amide bonds. The van der Waals surface area contributed by atoms with E-state index in [1.54, 1.807) is 17.7 Å². The Morgan fingerprint density at radius 2 is 1.83 bits per heavy atom. The first-order valence-electron chi connectivity index (χ1n) is 9.96. The molecule has 1 atom stereocenters. The van der Waals surface area contributed by atoms with Crippen molar-refractivity contribution in [3.05, 3.63) is 70.3 Å². The van der Waals surface area contributed by atoms with E-state index in [0.29, 0.717) is 41.9 Å². The quantitative estimate of drug-likeness (QED) is 0.585. The number of rotatable bonds is 9. The Hall–Kier alpha value is -3.19. The number of nitrogens with two attached hydrogens (primary N) is 1. The smallest absolute Gasteiger partial charge is 0.261 e. The van der Waals surface area contributed by atoms with E-state index in [0.717, 1.165) is 5.56 Å². The fraction of sp³-hybridized carbons (Fsp3) is 0.348. The standard InChI is InChI=1S/C23H27N3O4/c1-15(2)30-20(22(24)27)14-16-8-10-17(11-9-16)29-13-12-21-25-19-7-5-4-6-18(19)23(28)26(21)3/h4-11,15,20H,12-14H2,1-3H3,(H2,24,27). The van der Waals surface area contributed by atoms with Gasteiger partial charge in [0.2, 0.25) is 5.91 Å². The Morgan fingerprint density at radius 1 is 1.13 bits per heavy atom. The van der Waals surface area contributed by atoms with Crippen molar-refractivity contribution in [2.24, 2.45) is 12.8 Å². The van der Waals surface area contributed by atoms with Crippen molar-refractivity contribution in [2.75, 3.05) is 6.61 Å². The maximum atomic E-state index is 12.5. The molecule has 0 aliphatic heterocycles. The molecule has 7 nitrogen and oxygen atoms in total. The van der Waals surface area contributed by atoms with Crippen LogP contribution in [0, 0.1) is 0 Å². The normalized spacial score (nSPS) is 12.3. The van der Waals surface area contributed by atoms with E-state index < -0.39 is 12.0 Å². The van der Waals surface area contributed by atoms with Crippen molar-refractivity contribution in [1.29, 1.82) is 0 Å². The Morgan fingerprint density at radius 3 is 2.50 bits per heavy atom. The highest BCUT2D eigenvalue weighted by Gasteiger charge is 2.18. The summed E-state index contributed by atoms with van der Waals surface area (Å²) in [5.74, 6) is 0.896. The van der Waals surface area contributed by atoms with Gasteiger partial charge in [-0.15, -0.1) is 0 Å². The van der Waals surface area contributed by atoms with Gasteiger partial charge >= 0.3 is 0 Å². The number of aromatic nitrogens is 2. The summed E-state index contributed by atoms with van der Waals surface area (Å²) in [6.07, 6.45) is 0.183. The molecule has 0 aliphatic rings. The SMILES string of the molecule is CC(C)OC(Cc1ccc(OCCc2nc3ccccc3c(=O)n2C)cc1)C(N)=O. The third kappa shape index (κ3) is 5.24. The second-order valence-electron chi connectivity index (χ2n) is 7.43. The van der Waals surface area contributed by atoms with Crippen LogP contribution in [0.15, 0.2) is 53.3 Å². The predicted octanol–water partition coefficient (Wildman–Crippen LogP) is 2.38. The molecule has 0 saturated heterocycles. The number of carbonyl (C=O) groups excluding carboxylic acids is 1. The average Bonchev–Trinajstić information content (AvgIpc) is 2.72. The minimum absolute atomic E-state index is 0.0624. The summed E-state index contributed by atoms with van der Waals surface area (Å²) in [5.41, 5.74) is 6.98. The van der Waals surface area contributed by atoms with Gasteiger partial charge in [0.15, 0.2) is 0 Å². The van der Waals surface area contributed by atoms with Crippen molar-refractivity contribution in [1.82, 2.24) is 9.55 Å². The van der Waals surface area contributed by atoms with Crippen LogP contribution in [-0.4, -0.2) is 34.3 Å². The van der Waals surface area contributed by atoms with Gasteiger partial charge in [-0.2, -0.15) is 0 Å². The summed E-state index contributed by atoms with van der Waals surface area (Å²) in [6.45, 7) is 4.12. The fourth-order valence-electron chi connectivity index (χ4n) is 3.23. The van der Waals surface area contributed by atoms with Gasteiger partial charge in [-0.25, -0.2) is 4.98 Å². The lowest BCUT2D eigenvalue weighted by molar-refractivity contribution is -0.132. The van der Waals surface area contributed by atoms with Crippen molar-refractivity contribution >= 4 is 16.8 Å². The lowest BCUT2D eigenvalue weighted by atomic mass is 10.1. The summed E-state index contributed by atoms with van der Waals surface area (Å²) in [4.78, 5) is 28.6. The van der Waals surface area contributed by atoms with Gasteiger partial charge in [-0.05, 0) is 43.7 Å². The number of primary amides is 1. The van der Waals surface area contributed by atoms with Crippen LogP contribution in [-0.2, 0) is 29.4 Å². The van der Waals surface area contributed by atoms with Gasteiger partial charge in [0.25, 0.3) is 5.56 Å². The van der Waals surface area contributed by atoms with Crippen molar-refractivity contribution in [3.63, 3.8) is 0 Å². The molecule has 0 spiro atoms. The van der Waals surface area contributed by atoms with Crippen molar-refractivity contribution in [2.45, 2.75) is 38.9 Å². The van der Waals surface area contributed by atoms with E-state index in [4.69, 9.17) is 15.2 Å². The molecule has 0 bridgehead atoms. The second-order valence-corrected chi connectivity index (χ2v) is 7.43. The van der Waals surface area contributed by atoms with E-state index in [-0.39, 0.29) is 11.7 Å². The summed E-state index contributed by atoms with van der Waals surface area (Å²) >= 11 is 0. The van der Waals surface area contributed by atoms with Gasteiger partial charge in [0, 0.05) is 19.9 Å². The zero-order valence-corrected chi connectivity index (χ0v) is 17.5. The summed E-state index contributed by atoms with van der Waals surface area (Å²) in [6, 6.07) is 14.8. The van der Waals surface area contributed by atoms with Crippen LogP contribution < -0.4 is 16.0 Å². The molecule has 1 unspecified atom stereocenters. The zero-order chi connectivity index (χ0) is 21.7. The molecule has 2 aromatic carbocycles. The van der Waals surface area contributed by atoms with E-state index in [2.05, 4.69) is 4.98 Å². The molecule has 158 valence electrons. The molecule has 2 N–H and O–H groups in total. The summed E-state index contributed by atoms with van der Waals surface area (Å²) in [7, 11) is 1.72. The number of amides is 1. The molecule has 3 aromatic rings. The molecule has 3 rings (SSSR count). The van der Waals surface area contributed by atoms with Crippen LogP contribution in [0.1, 0.15) is 25.2 Å². The van der Waals surface area contributed by atoms with Crippen LogP contribution in [0.25, 0.3) is 10.9 Å². The first kappa shape index (κ1) is 21.5. The zero-order valence-electron chi connectivity index (χ0n) is 17.5. The number of ether oxygens (including phenoxy) is 2. The van der Waals surface area contributed by atoms with Crippen LogP contribution in [0.3, 0.4) is 0 Å². The van der Waals surface area contributed by atoms with E-state index >= 15 is 0 Å². The largest absolute Gasteiger partial charge is 0.493 e. The van der Waals surface area contributed by atoms with Crippen molar-refractivity contribution < 1.29 is 14.3 Å². The van der Waals surface area contributed by atoms with Gasteiger partial charge in [-0.1, -0.05) is 24.3 Å². The first-order valence-corrected chi connectivity index (χ1v) is 9.96. The van der Waals surface area contributed by atoms with Crippen LogP contribution in [0.5, 0.6) is 5.75 Å². The predicted molar refractivity (Wildman–Crippen MR) is 116 cm³/mol. The van der Waals surface area contributed by atoms with Crippen LogP contribution in [0.2, 0.25) is 0 Å². The fourth-order valence-corrected chi connectivity index (χ4v) is 3.23. The van der Waals surface area contributed by atoms with Gasteiger partial charge in [0.05, 0.1) is 23.6 Å². The molecule has 30 heavy (non-hydrogen) atoms. The number of carbonyl (C=O) groups is 1. The third-order valence-electron chi connectivity index (χ3n) is 4.77. The molecule has 1 heterocycles. The van der Waals surface area contributed by atoms with E-state index in [9.17, 15) is 9.59 Å². The maximum Gasteiger partial charge on any atom is 0.261 e. The minimum atomic E-state index is -0.656. The Bertz CT molecular complexity index is 1070. The monoisotopic (exact) mass is 409 g/mol. The molecule has 7 heteroatoms. The van der Waals surface area contributed by atoms with E-state index in [1.165, 1.54) is 0 Å². The third-order valence-corrected chi connectivity index (χ3v) is 4.77. The highest BCUT2D eigenvalue weighted by atomic mass is 16.5. The number of benzene rings is 2. The molecule has 0 aliphatic carbocycles. The van der Waals surface area contributed by atoms with Gasteiger partial charge in [-0.3, -0.25) is 14.2 Å². The number of para-hydroxylation sites is 1. The first-order chi connectivity index (χ1) is 14.3. The Balaban J connectivity index is 1.61. The molecular weight excluding hydrogens is 382 g/mol. The summed E-state index contributed by atoms with van der Waals surface area (Å²) < 4.78 is 12.9. The highest BCUT2D eigenvalue weighted by Crippen LogP contribution is 2.15. The minimum Gasteiger partial charge on any atom is -0.493 e. The number of hydrogen-bond acceptors (Lipinski definition) is 5. The molecule has 0 saturated carbocycles. The number of fused-ring (bicyclic) bond motifs is 1. The Labute approximate surface area is 175 Å². The maximum absolute atomic E-state index is 12.5. The van der Waals surface area contributed by atoms with Gasteiger partial charge < -0.3 is 15.2 Å². The molecular formula is C23H27N3O4. The lowest BCUT2D eigenvalue weighted by Crippen LogP contribution is -2.35. The molecule has 1 aromatic heterocycles. The summed E-state index contributed by atoms with van der Waals surface area (Å²) in [5, 5.41) is 0.607. The van der Waals surface area contributed by atoms with Crippen molar-refractivity contribution in [3.8, 4) is 5.75 Å². The Kier molecular flexibility index (Phi) is 6.84. The molecule has 0 radical (unpaired) electrons. The highest BCUT2D eigenvalue weighted by molar-refractivity contribution is 5.79. The lowest BCUT2D eigenvalue weighted by Gasteiger charge is -2.17. The van der Waals surface area contributed by atoms with Crippen LogP contribution >= 0.6 is 0 Å². The average molecular weight is 409 g/mol. The second kappa shape index (κ2) is 9.54. The van der Waals surface area contributed by atoms with Gasteiger partial charge in [0.1, 0.15) is 17.7 Å². The van der Waals surface area contributed by atoms with E-state index in [1.807, 2.05) is 56.3 Å². The molecule has 0 fully saturated rings. The topological polar surface area (TPSA) is 96.4 Å². The number of nitrogens with zero attached hydrogens (tertiary/aromatic N) is 2. The van der Waals surface area contributed by atoms with Crippen LogP contribution in [0.4, 0.5) is 0 Å².